The minimum absolute atomic E-state index is 0.124. The van der Waals surface area contributed by atoms with E-state index >= 15 is 0 Å². The maximum atomic E-state index is 11.2. The van der Waals surface area contributed by atoms with Crippen LogP contribution >= 0.6 is 15.9 Å². The molecule has 1 aromatic carbocycles. The van der Waals surface area contributed by atoms with Crippen LogP contribution in [0.15, 0.2) is 30.3 Å². The van der Waals surface area contributed by atoms with Crippen molar-refractivity contribution in [3.63, 3.8) is 0 Å². The predicted octanol–water partition coefficient (Wildman–Crippen LogP) is 2.41. The van der Waals surface area contributed by atoms with Crippen molar-refractivity contribution in [3.05, 3.63) is 41.1 Å². The molecule has 1 heterocycles. The van der Waals surface area contributed by atoms with Gasteiger partial charge in [-0.05, 0) is 5.56 Å². The highest BCUT2D eigenvalue weighted by Crippen LogP contribution is 2.26. The third-order valence-corrected chi connectivity index (χ3v) is 2.88. The number of halogens is 1. The Balaban J connectivity index is 2.13. The van der Waals surface area contributed by atoms with Gasteiger partial charge in [0.25, 0.3) is 0 Å². The maximum absolute atomic E-state index is 11.2. The van der Waals surface area contributed by atoms with Gasteiger partial charge < -0.3 is 4.84 Å². The van der Waals surface area contributed by atoms with Crippen molar-refractivity contribution in [2.24, 2.45) is 0 Å². The highest BCUT2D eigenvalue weighted by molar-refractivity contribution is 9.09. The normalized spacial score (nSPS) is 21.1. The predicted molar refractivity (Wildman–Crippen MR) is 57.3 cm³/mol. The van der Waals surface area contributed by atoms with E-state index in [4.69, 9.17) is 4.84 Å². The second-order valence-corrected chi connectivity index (χ2v) is 3.73. The molecule has 74 valence electrons. The van der Waals surface area contributed by atoms with E-state index in [1.165, 1.54) is 0 Å². The number of hydrogen-bond donors (Lipinski definition) is 0. The number of hydrogen-bond acceptors (Lipinski definition) is 2. The molecule has 1 aliphatic heterocycles. The van der Waals surface area contributed by atoms with Crippen molar-refractivity contribution >= 4 is 21.6 Å². The first-order valence-corrected chi connectivity index (χ1v) is 5.53. The van der Waals surface area contributed by atoms with Crippen molar-refractivity contribution in [2.45, 2.75) is 12.5 Å². The van der Waals surface area contributed by atoms with Crippen molar-refractivity contribution in [1.82, 2.24) is 0 Å². The molecule has 0 radical (unpaired) electrons. The van der Waals surface area contributed by atoms with Crippen molar-refractivity contribution in [1.29, 1.82) is 0 Å². The van der Waals surface area contributed by atoms with E-state index in [2.05, 4.69) is 15.9 Å². The summed E-state index contributed by atoms with van der Waals surface area (Å²) in [4.78, 5) is 5.78. The smallest absolute Gasteiger partial charge is 0.234 e. The summed E-state index contributed by atoms with van der Waals surface area (Å²) in [5.74, 6) is 0. The molecule has 0 aromatic heterocycles. The Bertz CT molecular complexity index is 350. The van der Waals surface area contributed by atoms with Crippen LogP contribution in [0, 0.1) is 5.21 Å². The third-order valence-electron chi connectivity index (χ3n) is 2.23. The standard InChI is InChI=1S/C10H10BrNO2/c11-7-9-6-10(14-12(9)13)8-4-2-1-3-5-8/h1-5,10H,6-7H2/t10-/m1/s1. The van der Waals surface area contributed by atoms with Crippen LogP contribution in [0.5, 0.6) is 0 Å². The van der Waals surface area contributed by atoms with E-state index in [0.717, 1.165) is 11.3 Å². The fourth-order valence-corrected chi connectivity index (χ4v) is 1.90. The quantitative estimate of drug-likeness (QED) is 0.601. The molecule has 2 rings (SSSR count). The van der Waals surface area contributed by atoms with Crippen LogP contribution in [0.1, 0.15) is 18.1 Å². The van der Waals surface area contributed by atoms with Gasteiger partial charge in [-0.15, -0.1) is 0 Å². The minimum Gasteiger partial charge on any atom is -0.395 e. The summed E-state index contributed by atoms with van der Waals surface area (Å²) < 4.78 is 0. The SMILES string of the molecule is [O-][N+]1=C(CBr)C[C@H](c2ccccc2)O1. The minimum atomic E-state index is -0.124. The van der Waals surface area contributed by atoms with Gasteiger partial charge in [-0.25, -0.2) is 0 Å². The molecule has 0 fully saturated rings. The fourth-order valence-electron chi connectivity index (χ4n) is 1.47. The van der Waals surface area contributed by atoms with E-state index in [0.29, 0.717) is 16.7 Å². The summed E-state index contributed by atoms with van der Waals surface area (Å²) in [5.41, 5.74) is 1.78. The Morgan fingerprint density at radius 2 is 2.14 bits per heavy atom. The van der Waals surface area contributed by atoms with E-state index < -0.39 is 0 Å². The van der Waals surface area contributed by atoms with Crippen molar-refractivity contribution in [3.8, 4) is 0 Å². The molecule has 0 amide bonds. The first kappa shape index (κ1) is 9.52. The molecule has 0 saturated carbocycles. The summed E-state index contributed by atoms with van der Waals surface area (Å²) >= 11 is 3.26. The average Bonchev–Trinajstić information content (AvgIpc) is 2.61. The summed E-state index contributed by atoms with van der Waals surface area (Å²) in [6.07, 6.45) is 0.542. The molecule has 4 heteroatoms. The lowest BCUT2D eigenvalue weighted by Gasteiger charge is -2.10. The van der Waals surface area contributed by atoms with Crippen LogP contribution in [-0.2, 0) is 4.84 Å². The zero-order valence-electron chi connectivity index (χ0n) is 7.52. The zero-order valence-corrected chi connectivity index (χ0v) is 9.11. The summed E-state index contributed by atoms with van der Waals surface area (Å²) in [7, 11) is 0. The molecule has 3 nitrogen and oxygen atoms in total. The van der Waals surface area contributed by atoms with Crippen LogP contribution in [0.4, 0.5) is 0 Å². The molecule has 0 N–H and O–H groups in total. The van der Waals surface area contributed by atoms with Gasteiger partial charge in [0, 0.05) is 4.90 Å². The van der Waals surface area contributed by atoms with E-state index in [-0.39, 0.29) is 6.10 Å². The Morgan fingerprint density at radius 1 is 1.43 bits per heavy atom. The monoisotopic (exact) mass is 255 g/mol. The number of benzene rings is 1. The lowest BCUT2D eigenvalue weighted by Crippen LogP contribution is -2.06. The molecule has 0 saturated heterocycles. The molecule has 0 aliphatic carbocycles. The van der Waals surface area contributed by atoms with Gasteiger partial charge in [0.15, 0.2) is 0 Å². The van der Waals surface area contributed by atoms with Crippen molar-refractivity contribution in [2.75, 3.05) is 5.33 Å². The van der Waals surface area contributed by atoms with Gasteiger partial charge in [0.05, 0.1) is 11.8 Å². The average molecular weight is 256 g/mol. The van der Waals surface area contributed by atoms with Gasteiger partial charge in [0.1, 0.15) is 6.10 Å². The lowest BCUT2D eigenvalue weighted by molar-refractivity contribution is -0.743. The molecule has 1 aromatic rings. The molecule has 1 atom stereocenters. The Morgan fingerprint density at radius 3 is 2.71 bits per heavy atom. The number of nitrogens with zero attached hydrogens (tertiary/aromatic N) is 1. The summed E-state index contributed by atoms with van der Waals surface area (Å²) in [6, 6.07) is 9.77. The highest BCUT2D eigenvalue weighted by atomic mass is 79.9. The first-order chi connectivity index (χ1) is 6.81. The highest BCUT2D eigenvalue weighted by Gasteiger charge is 2.27. The molecular weight excluding hydrogens is 246 g/mol. The third kappa shape index (κ3) is 1.75. The zero-order chi connectivity index (χ0) is 9.97. The van der Waals surface area contributed by atoms with Crippen LogP contribution in [0.2, 0.25) is 0 Å². The number of alkyl halides is 1. The summed E-state index contributed by atoms with van der Waals surface area (Å²) in [5, 5.41) is 11.8. The maximum Gasteiger partial charge on any atom is 0.234 e. The molecular formula is C10H10BrNO2. The van der Waals surface area contributed by atoms with Gasteiger partial charge in [-0.3, -0.25) is 5.21 Å². The Hall–Kier alpha value is -1.03. The van der Waals surface area contributed by atoms with E-state index in [9.17, 15) is 5.21 Å². The lowest BCUT2D eigenvalue weighted by atomic mass is 10.1. The van der Waals surface area contributed by atoms with Crippen LogP contribution in [0.3, 0.4) is 0 Å². The van der Waals surface area contributed by atoms with Crippen LogP contribution < -0.4 is 0 Å². The van der Waals surface area contributed by atoms with Gasteiger partial charge >= 0.3 is 0 Å². The Labute approximate surface area is 90.7 Å². The second kappa shape index (κ2) is 4.00. The fraction of sp³-hybridized carbons (Fsp3) is 0.300. The molecule has 1 aliphatic rings. The molecule has 14 heavy (non-hydrogen) atoms. The second-order valence-electron chi connectivity index (χ2n) is 3.17. The molecule has 0 unspecified atom stereocenters. The topological polar surface area (TPSA) is 35.3 Å². The van der Waals surface area contributed by atoms with Gasteiger partial charge in [-0.2, -0.15) is 0 Å². The Kier molecular flexibility index (Phi) is 2.72. The van der Waals surface area contributed by atoms with Crippen LogP contribution in [0.25, 0.3) is 0 Å². The summed E-state index contributed by atoms with van der Waals surface area (Å²) in [6.45, 7) is 0. The van der Waals surface area contributed by atoms with Crippen LogP contribution in [-0.4, -0.2) is 15.9 Å². The largest absolute Gasteiger partial charge is 0.395 e. The molecule has 0 bridgehead atoms. The van der Waals surface area contributed by atoms with E-state index in [1.807, 2.05) is 30.3 Å². The first-order valence-electron chi connectivity index (χ1n) is 4.41. The number of rotatable bonds is 2. The van der Waals surface area contributed by atoms with E-state index in [1.54, 1.807) is 0 Å². The van der Waals surface area contributed by atoms with Gasteiger partial charge in [0.2, 0.25) is 5.71 Å². The van der Waals surface area contributed by atoms with Gasteiger partial charge in [-0.1, -0.05) is 46.3 Å². The van der Waals surface area contributed by atoms with Crippen molar-refractivity contribution < 1.29 is 9.74 Å². The molecule has 0 spiro atoms.